The number of anilines is 1. The molecule has 0 radical (unpaired) electrons. The van der Waals surface area contributed by atoms with Crippen LogP contribution in [0.15, 0.2) is 54.1 Å². The second-order valence-corrected chi connectivity index (χ2v) is 14.3. The molecule has 2 N–H and O–H groups in total. The minimum atomic E-state index is -0.873. The Balaban J connectivity index is 1.10. The van der Waals surface area contributed by atoms with Crippen LogP contribution in [0, 0.1) is 17.3 Å². The Hall–Kier alpha value is -2.38. The monoisotopic (exact) mass is 604 g/mol. The van der Waals surface area contributed by atoms with E-state index in [2.05, 4.69) is 39.1 Å². The molecule has 0 saturated carbocycles. The molecule has 3 heterocycles. The molecule has 4 aliphatic rings. The molecule has 1 atom stereocenters. The van der Waals surface area contributed by atoms with Crippen molar-refractivity contribution in [3.8, 4) is 0 Å². The predicted octanol–water partition coefficient (Wildman–Crippen LogP) is 6.52. The minimum Gasteiger partial charge on any atom is -0.478 e. The van der Waals surface area contributed by atoms with Crippen molar-refractivity contribution in [3.63, 3.8) is 0 Å². The van der Waals surface area contributed by atoms with Crippen molar-refractivity contribution >= 4 is 28.8 Å². The molecule has 0 bridgehead atoms. The molecule has 3 fully saturated rings. The van der Waals surface area contributed by atoms with E-state index in [1.54, 1.807) is 17.7 Å². The van der Waals surface area contributed by atoms with Crippen molar-refractivity contribution in [1.29, 1.82) is 0 Å². The SMILES string of the molecule is C[C@@]1(CN2CCC(C3CCNCC3)CC2)CCC(c2ccc(Cl)cc2)=C(CN2CCN(c3ccc(C(=O)O)cc3)CC2)C1. The van der Waals surface area contributed by atoms with Crippen molar-refractivity contribution in [2.75, 3.05) is 70.3 Å². The molecular formula is C36H49ClN4O2. The zero-order valence-corrected chi connectivity index (χ0v) is 26.6. The molecule has 2 aromatic carbocycles. The highest BCUT2D eigenvalue weighted by molar-refractivity contribution is 6.30. The van der Waals surface area contributed by atoms with Crippen LogP contribution in [0.2, 0.25) is 5.02 Å². The van der Waals surface area contributed by atoms with Crippen LogP contribution in [0.25, 0.3) is 5.57 Å². The van der Waals surface area contributed by atoms with Crippen molar-refractivity contribution in [2.24, 2.45) is 17.3 Å². The van der Waals surface area contributed by atoms with E-state index in [1.807, 2.05) is 24.3 Å². The van der Waals surface area contributed by atoms with Crippen LogP contribution in [-0.2, 0) is 0 Å². The molecule has 232 valence electrons. The van der Waals surface area contributed by atoms with E-state index >= 15 is 0 Å². The standard InChI is InChI=1S/C36H49ClN4O2/c1-36(26-40-18-13-28(14-19-40)27-11-16-38-17-12-27)15-10-34(29-2-6-32(37)7-3-29)31(24-36)25-39-20-22-41(23-21-39)33-8-4-30(5-9-33)35(42)43/h2-9,27-28,38H,10-26H2,1H3,(H,42,43)/t36-/m1/s1. The Kier molecular flexibility index (Phi) is 9.78. The quantitative estimate of drug-likeness (QED) is 0.358. The summed E-state index contributed by atoms with van der Waals surface area (Å²) < 4.78 is 0. The molecule has 3 saturated heterocycles. The van der Waals surface area contributed by atoms with Crippen molar-refractivity contribution in [1.82, 2.24) is 15.1 Å². The van der Waals surface area contributed by atoms with Gasteiger partial charge in [-0.15, -0.1) is 0 Å². The van der Waals surface area contributed by atoms with Gasteiger partial charge in [-0.1, -0.05) is 36.2 Å². The van der Waals surface area contributed by atoms with Crippen LogP contribution in [-0.4, -0.2) is 86.3 Å². The number of piperazine rings is 1. The molecule has 1 aliphatic carbocycles. The lowest BCUT2D eigenvalue weighted by Gasteiger charge is -2.45. The van der Waals surface area contributed by atoms with E-state index in [0.29, 0.717) is 11.0 Å². The fourth-order valence-corrected chi connectivity index (χ4v) is 8.41. The molecule has 2 aromatic rings. The number of carboxylic acid groups (broad SMARTS) is 1. The van der Waals surface area contributed by atoms with E-state index in [4.69, 9.17) is 11.6 Å². The van der Waals surface area contributed by atoms with Gasteiger partial charge in [0.15, 0.2) is 0 Å². The van der Waals surface area contributed by atoms with Gasteiger partial charge in [-0.2, -0.15) is 0 Å². The summed E-state index contributed by atoms with van der Waals surface area (Å²) in [4.78, 5) is 19.1. The fraction of sp³-hybridized carbons (Fsp3) is 0.583. The number of piperidine rings is 2. The fourth-order valence-electron chi connectivity index (χ4n) is 8.29. The summed E-state index contributed by atoms with van der Waals surface area (Å²) in [7, 11) is 0. The van der Waals surface area contributed by atoms with Crippen molar-refractivity contribution in [3.05, 3.63) is 70.3 Å². The molecule has 6 nitrogen and oxygen atoms in total. The number of hydrogen-bond acceptors (Lipinski definition) is 5. The van der Waals surface area contributed by atoms with E-state index < -0.39 is 5.97 Å². The van der Waals surface area contributed by atoms with Crippen LogP contribution < -0.4 is 10.2 Å². The third kappa shape index (κ3) is 7.65. The first-order chi connectivity index (χ1) is 20.8. The van der Waals surface area contributed by atoms with E-state index in [1.165, 1.54) is 76.0 Å². The largest absolute Gasteiger partial charge is 0.478 e. The van der Waals surface area contributed by atoms with E-state index in [9.17, 15) is 9.90 Å². The summed E-state index contributed by atoms with van der Waals surface area (Å²) >= 11 is 6.28. The van der Waals surface area contributed by atoms with Gasteiger partial charge in [-0.25, -0.2) is 4.79 Å². The number of likely N-dealkylation sites (tertiary alicyclic amines) is 1. The van der Waals surface area contributed by atoms with Crippen LogP contribution in [0.1, 0.15) is 67.8 Å². The molecule has 0 spiro atoms. The third-order valence-electron chi connectivity index (χ3n) is 10.8. The van der Waals surface area contributed by atoms with Gasteiger partial charge in [0, 0.05) is 50.0 Å². The summed E-state index contributed by atoms with van der Waals surface area (Å²) in [5.74, 6) is 0.996. The highest BCUT2D eigenvalue weighted by Crippen LogP contribution is 2.44. The van der Waals surface area contributed by atoms with Crippen molar-refractivity contribution < 1.29 is 9.90 Å². The molecule has 0 aromatic heterocycles. The Morgan fingerprint density at radius 3 is 2.19 bits per heavy atom. The third-order valence-corrected chi connectivity index (χ3v) is 11.0. The van der Waals surface area contributed by atoms with Gasteiger partial charge in [0.05, 0.1) is 5.56 Å². The Morgan fingerprint density at radius 2 is 1.53 bits per heavy atom. The summed E-state index contributed by atoms with van der Waals surface area (Å²) in [6, 6.07) is 15.8. The maximum Gasteiger partial charge on any atom is 0.335 e. The topological polar surface area (TPSA) is 59.0 Å². The first kappa shape index (κ1) is 30.6. The highest BCUT2D eigenvalue weighted by Gasteiger charge is 2.36. The summed E-state index contributed by atoms with van der Waals surface area (Å²) in [5.41, 5.74) is 6.24. The Labute approximate surface area is 263 Å². The number of allylic oxidation sites excluding steroid dienone is 1. The molecule has 0 amide bonds. The van der Waals surface area contributed by atoms with Gasteiger partial charge in [0.2, 0.25) is 0 Å². The molecule has 3 aliphatic heterocycles. The number of nitrogens with one attached hydrogen (secondary N) is 1. The number of hydrogen-bond donors (Lipinski definition) is 2. The number of nitrogens with zero attached hydrogens (tertiary/aromatic N) is 3. The number of carboxylic acids is 1. The average Bonchev–Trinajstić information content (AvgIpc) is 3.03. The maximum absolute atomic E-state index is 11.3. The van der Waals surface area contributed by atoms with Gasteiger partial charge in [0.25, 0.3) is 0 Å². The molecule has 7 heteroatoms. The van der Waals surface area contributed by atoms with E-state index in [0.717, 1.165) is 68.1 Å². The van der Waals surface area contributed by atoms with Gasteiger partial charge < -0.3 is 20.2 Å². The molecule has 6 rings (SSSR count). The lowest BCUT2D eigenvalue weighted by atomic mass is 9.70. The summed E-state index contributed by atoms with van der Waals surface area (Å²) in [6.45, 7) is 13.7. The first-order valence-electron chi connectivity index (χ1n) is 16.6. The number of rotatable bonds is 8. The molecule has 43 heavy (non-hydrogen) atoms. The molecule has 0 unspecified atom stereocenters. The van der Waals surface area contributed by atoms with Crippen molar-refractivity contribution in [2.45, 2.75) is 51.9 Å². The van der Waals surface area contributed by atoms with Gasteiger partial charge in [-0.05, 0) is 136 Å². The smallest absolute Gasteiger partial charge is 0.335 e. The number of halogens is 1. The zero-order chi connectivity index (χ0) is 29.8. The van der Waals surface area contributed by atoms with Crippen LogP contribution in [0.3, 0.4) is 0 Å². The van der Waals surface area contributed by atoms with Crippen LogP contribution in [0.5, 0.6) is 0 Å². The Morgan fingerprint density at radius 1 is 0.884 bits per heavy atom. The Bertz CT molecular complexity index is 1260. The highest BCUT2D eigenvalue weighted by atomic mass is 35.5. The summed E-state index contributed by atoms with van der Waals surface area (Å²) in [5, 5.41) is 13.6. The van der Waals surface area contributed by atoms with Crippen LogP contribution >= 0.6 is 11.6 Å². The average molecular weight is 605 g/mol. The minimum absolute atomic E-state index is 0.306. The van der Waals surface area contributed by atoms with Gasteiger partial charge >= 0.3 is 5.97 Å². The molecular weight excluding hydrogens is 556 g/mol. The number of carbonyl (C=O) groups is 1. The number of aromatic carboxylic acids is 1. The number of benzene rings is 2. The zero-order valence-electron chi connectivity index (χ0n) is 25.9. The van der Waals surface area contributed by atoms with Gasteiger partial charge in [0.1, 0.15) is 0 Å². The maximum atomic E-state index is 11.3. The first-order valence-corrected chi connectivity index (χ1v) is 16.9. The second-order valence-electron chi connectivity index (χ2n) is 13.9. The predicted molar refractivity (Wildman–Crippen MR) is 177 cm³/mol. The summed E-state index contributed by atoms with van der Waals surface area (Å²) in [6.07, 6.45) is 9.03. The van der Waals surface area contributed by atoms with Crippen LogP contribution in [0.4, 0.5) is 5.69 Å². The van der Waals surface area contributed by atoms with Gasteiger partial charge in [-0.3, -0.25) is 4.90 Å². The normalized spacial score (nSPS) is 25.3. The lowest BCUT2D eigenvalue weighted by Crippen LogP contribution is -2.48. The second kappa shape index (κ2) is 13.7. The lowest BCUT2D eigenvalue weighted by molar-refractivity contribution is 0.0697. The van der Waals surface area contributed by atoms with E-state index in [-0.39, 0.29) is 0 Å².